The first-order valence-corrected chi connectivity index (χ1v) is 6.47. The van der Waals surface area contributed by atoms with Crippen LogP contribution in [0.5, 0.6) is 0 Å². The minimum atomic E-state index is -0.00435. The lowest BCUT2D eigenvalue weighted by Crippen LogP contribution is -1.90. The summed E-state index contributed by atoms with van der Waals surface area (Å²) in [6.45, 7) is 2.02. The fourth-order valence-electron chi connectivity index (χ4n) is 1.14. The van der Waals surface area contributed by atoms with Gasteiger partial charge in [-0.15, -0.1) is 0 Å². The maximum atomic E-state index is 9.16. The van der Waals surface area contributed by atoms with Crippen molar-refractivity contribution in [3.63, 3.8) is 0 Å². The zero-order valence-corrected chi connectivity index (χ0v) is 10.4. The second-order valence-electron chi connectivity index (χ2n) is 3.06. The Morgan fingerprint density at radius 3 is 3.06 bits per heavy atom. The molecule has 0 bridgehead atoms. The lowest BCUT2D eigenvalue weighted by atomic mass is 10.3. The van der Waals surface area contributed by atoms with E-state index in [0.717, 1.165) is 27.2 Å². The van der Waals surface area contributed by atoms with Gasteiger partial charge >= 0.3 is 0 Å². The molecule has 0 spiro atoms. The topological polar surface area (TPSA) is 58.9 Å². The van der Waals surface area contributed by atoms with Gasteiger partial charge in [-0.2, -0.15) is 4.37 Å². The third-order valence-electron chi connectivity index (χ3n) is 1.97. The first-order valence-electron chi connectivity index (χ1n) is 4.88. The SMILES string of the molecule is CCc1nsc(Sc2ncccc2CO)n1. The molecule has 0 aliphatic rings. The van der Waals surface area contributed by atoms with Crippen LogP contribution in [0.1, 0.15) is 18.3 Å². The van der Waals surface area contributed by atoms with Gasteiger partial charge in [0.15, 0.2) is 4.34 Å². The molecule has 0 aromatic carbocycles. The van der Waals surface area contributed by atoms with E-state index in [0.29, 0.717) is 0 Å². The van der Waals surface area contributed by atoms with Gasteiger partial charge in [-0.1, -0.05) is 13.0 Å². The number of aryl methyl sites for hydroxylation is 1. The summed E-state index contributed by atoms with van der Waals surface area (Å²) in [5.41, 5.74) is 0.820. The minimum Gasteiger partial charge on any atom is -0.392 e. The molecule has 2 rings (SSSR count). The quantitative estimate of drug-likeness (QED) is 0.904. The number of pyridine rings is 1. The summed E-state index contributed by atoms with van der Waals surface area (Å²) < 4.78 is 5.07. The molecule has 0 atom stereocenters. The van der Waals surface area contributed by atoms with E-state index in [1.165, 1.54) is 23.3 Å². The van der Waals surface area contributed by atoms with Crippen LogP contribution in [0, 0.1) is 0 Å². The molecule has 0 unspecified atom stereocenters. The Morgan fingerprint density at radius 1 is 1.50 bits per heavy atom. The van der Waals surface area contributed by atoms with E-state index < -0.39 is 0 Å². The van der Waals surface area contributed by atoms with Gasteiger partial charge in [0.25, 0.3) is 0 Å². The molecule has 1 N–H and O–H groups in total. The Labute approximate surface area is 102 Å². The molecule has 0 radical (unpaired) electrons. The molecule has 0 fully saturated rings. The molecule has 4 nitrogen and oxygen atoms in total. The summed E-state index contributed by atoms with van der Waals surface area (Å²) in [6.07, 6.45) is 2.55. The maximum Gasteiger partial charge on any atom is 0.176 e. The van der Waals surface area contributed by atoms with Crippen LogP contribution in [-0.4, -0.2) is 19.4 Å². The third kappa shape index (κ3) is 2.58. The Kier molecular flexibility index (Phi) is 3.87. The average molecular weight is 253 g/mol. The monoisotopic (exact) mass is 253 g/mol. The van der Waals surface area contributed by atoms with Crippen molar-refractivity contribution >= 4 is 23.3 Å². The first kappa shape index (κ1) is 11.5. The normalized spacial score (nSPS) is 10.6. The molecular weight excluding hydrogens is 242 g/mol. The number of aromatic nitrogens is 3. The highest BCUT2D eigenvalue weighted by atomic mass is 32.2. The second kappa shape index (κ2) is 5.38. The fourth-order valence-corrected chi connectivity index (χ4v) is 2.83. The summed E-state index contributed by atoms with van der Waals surface area (Å²) in [5.74, 6) is 0.856. The first-order chi connectivity index (χ1) is 7.83. The van der Waals surface area contributed by atoms with E-state index >= 15 is 0 Å². The summed E-state index contributed by atoms with van der Waals surface area (Å²) in [6, 6.07) is 3.67. The summed E-state index contributed by atoms with van der Waals surface area (Å²) in [7, 11) is 0. The summed E-state index contributed by atoms with van der Waals surface area (Å²) in [5, 5.41) is 9.96. The molecule has 0 saturated heterocycles. The number of nitrogens with zero attached hydrogens (tertiary/aromatic N) is 3. The maximum absolute atomic E-state index is 9.16. The molecule has 2 heterocycles. The van der Waals surface area contributed by atoms with Crippen LogP contribution in [-0.2, 0) is 13.0 Å². The minimum absolute atomic E-state index is 0.00435. The van der Waals surface area contributed by atoms with Gasteiger partial charge in [0.05, 0.1) is 6.61 Å². The Morgan fingerprint density at radius 2 is 2.38 bits per heavy atom. The van der Waals surface area contributed by atoms with Gasteiger partial charge in [0.1, 0.15) is 10.9 Å². The van der Waals surface area contributed by atoms with E-state index in [1.807, 2.05) is 19.1 Å². The van der Waals surface area contributed by atoms with Crippen molar-refractivity contribution in [3.05, 3.63) is 29.7 Å². The van der Waals surface area contributed by atoms with Crippen LogP contribution < -0.4 is 0 Å². The van der Waals surface area contributed by atoms with Crippen LogP contribution in [0.3, 0.4) is 0 Å². The molecule has 0 aliphatic carbocycles. The average Bonchev–Trinajstić information content (AvgIpc) is 2.77. The van der Waals surface area contributed by atoms with E-state index in [4.69, 9.17) is 5.11 Å². The molecule has 2 aromatic rings. The highest BCUT2D eigenvalue weighted by molar-refractivity contribution is 8.00. The van der Waals surface area contributed by atoms with Crippen molar-refractivity contribution in [2.24, 2.45) is 0 Å². The van der Waals surface area contributed by atoms with Crippen molar-refractivity contribution in [1.82, 2.24) is 14.3 Å². The molecule has 0 amide bonds. The predicted molar refractivity (Wildman–Crippen MR) is 63.6 cm³/mol. The molecule has 16 heavy (non-hydrogen) atoms. The van der Waals surface area contributed by atoms with Crippen LogP contribution in [0.15, 0.2) is 27.7 Å². The Bertz CT molecular complexity index is 473. The van der Waals surface area contributed by atoms with Crippen molar-refractivity contribution in [2.75, 3.05) is 0 Å². The predicted octanol–water partition coefficient (Wildman–Crippen LogP) is 2.14. The molecule has 0 saturated carbocycles. The molecule has 0 aliphatic heterocycles. The summed E-state index contributed by atoms with van der Waals surface area (Å²) in [4.78, 5) is 8.57. The van der Waals surface area contributed by atoms with Gasteiger partial charge < -0.3 is 5.11 Å². The Balaban J connectivity index is 2.19. The highest BCUT2D eigenvalue weighted by Gasteiger charge is 2.08. The lowest BCUT2D eigenvalue weighted by molar-refractivity contribution is 0.278. The van der Waals surface area contributed by atoms with Gasteiger partial charge in [-0.25, -0.2) is 9.97 Å². The summed E-state index contributed by atoms with van der Waals surface area (Å²) >= 11 is 2.82. The third-order valence-corrected chi connectivity index (χ3v) is 3.82. The smallest absolute Gasteiger partial charge is 0.176 e. The number of hydrogen-bond acceptors (Lipinski definition) is 6. The van der Waals surface area contributed by atoms with Gasteiger partial charge in [-0.3, -0.25) is 0 Å². The standard InChI is InChI=1S/C10H11N3OS2/c1-2-8-12-10(16-13-8)15-9-7(6-14)4-3-5-11-9/h3-5,14H,2,6H2,1H3. The van der Waals surface area contributed by atoms with Crippen molar-refractivity contribution < 1.29 is 5.11 Å². The number of rotatable bonds is 4. The fraction of sp³-hybridized carbons (Fsp3) is 0.300. The molecule has 6 heteroatoms. The van der Waals surface area contributed by atoms with E-state index in [2.05, 4.69) is 14.3 Å². The number of aliphatic hydroxyl groups excluding tert-OH is 1. The van der Waals surface area contributed by atoms with Crippen LogP contribution in [0.4, 0.5) is 0 Å². The van der Waals surface area contributed by atoms with E-state index in [1.54, 1.807) is 6.20 Å². The van der Waals surface area contributed by atoms with Gasteiger partial charge in [0, 0.05) is 18.2 Å². The van der Waals surface area contributed by atoms with Crippen LogP contribution in [0.2, 0.25) is 0 Å². The van der Waals surface area contributed by atoms with E-state index in [9.17, 15) is 0 Å². The van der Waals surface area contributed by atoms with Gasteiger partial charge in [-0.05, 0) is 29.4 Å². The molecular formula is C10H11N3OS2. The van der Waals surface area contributed by atoms with Crippen molar-refractivity contribution in [2.45, 2.75) is 29.3 Å². The zero-order valence-electron chi connectivity index (χ0n) is 8.75. The number of hydrogen-bond donors (Lipinski definition) is 1. The van der Waals surface area contributed by atoms with E-state index in [-0.39, 0.29) is 6.61 Å². The largest absolute Gasteiger partial charge is 0.392 e. The Hall–Kier alpha value is -0.980. The molecule has 84 valence electrons. The molecule has 2 aromatic heterocycles. The van der Waals surface area contributed by atoms with Crippen molar-refractivity contribution in [3.8, 4) is 0 Å². The highest BCUT2D eigenvalue weighted by Crippen LogP contribution is 2.29. The number of aliphatic hydroxyl groups is 1. The van der Waals surface area contributed by atoms with Gasteiger partial charge in [0.2, 0.25) is 0 Å². The van der Waals surface area contributed by atoms with Crippen LogP contribution in [0.25, 0.3) is 0 Å². The lowest BCUT2D eigenvalue weighted by Gasteiger charge is -2.01. The van der Waals surface area contributed by atoms with Crippen LogP contribution >= 0.6 is 23.3 Å². The zero-order chi connectivity index (χ0) is 11.4. The second-order valence-corrected chi connectivity index (χ2v) is 5.05. The van der Waals surface area contributed by atoms with Crippen molar-refractivity contribution in [1.29, 1.82) is 0 Å².